The molecule has 0 spiro atoms. The van der Waals surface area contributed by atoms with Gasteiger partial charge in [-0.2, -0.15) is 0 Å². The number of rotatable bonds is 0. The van der Waals surface area contributed by atoms with Gasteiger partial charge in [0.1, 0.15) is 8.67 Å². The molecule has 0 aromatic carbocycles. The van der Waals surface area contributed by atoms with Gasteiger partial charge in [0, 0.05) is 0 Å². The molecule has 9 heavy (non-hydrogen) atoms. The van der Waals surface area contributed by atoms with E-state index in [1.54, 1.807) is 0 Å². The normalized spacial score (nSPS) is 10.1. The Kier molecular flexibility index (Phi) is 2.27. The van der Waals surface area contributed by atoms with Crippen molar-refractivity contribution in [3.63, 3.8) is 0 Å². The first-order valence-electron chi connectivity index (χ1n) is 1.95. The molecule has 0 aliphatic carbocycles. The SMILES string of the molecule is Oc1c(Cl)sc(Cl)c1Br. The van der Waals surface area contributed by atoms with E-state index < -0.39 is 0 Å². The molecule has 1 N–H and O–H groups in total. The number of thiophene rings is 1. The van der Waals surface area contributed by atoms with Gasteiger partial charge in [0.05, 0.1) is 4.47 Å². The summed E-state index contributed by atoms with van der Waals surface area (Å²) in [6.07, 6.45) is 0. The predicted molar refractivity (Wildman–Crippen MR) is 43.7 cm³/mol. The summed E-state index contributed by atoms with van der Waals surface area (Å²) in [5, 5.41) is 8.97. The van der Waals surface area contributed by atoms with E-state index in [0.717, 1.165) is 11.3 Å². The monoisotopic (exact) mass is 246 g/mol. The second-order valence-corrected chi connectivity index (χ2v) is 4.33. The summed E-state index contributed by atoms with van der Waals surface area (Å²) >= 11 is 15.2. The van der Waals surface area contributed by atoms with Gasteiger partial charge in [0.15, 0.2) is 5.75 Å². The highest BCUT2D eigenvalue weighted by molar-refractivity contribution is 9.10. The highest BCUT2D eigenvalue weighted by atomic mass is 79.9. The van der Waals surface area contributed by atoms with Crippen LogP contribution in [0.4, 0.5) is 0 Å². The van der Waals surface area contributed by atoms with Gasteiger partial charge in [-0.05, 0) is 15.9 Å². The smallest absolute Gasteiger partial charge is 0.160 e. The van der Waals surface area contributed by atoms with Crippen LogP contribution in [0.25, 0.3) is 0 Å². The van der Waals surface area contributed by atoms with Crippen LogP contribution in [0.5, 0.6) is 5.75 Å². The average molecular weight is 248 g/mol. The Balaban J connectivity index is 3.29. The molecule has 1 rings (SSSR count). The number of halogens is 3. The van der Waals surface area contributed by atoms with Crippen molar-refractivity contribution in [3.8, 4) is 5.75 Å². The zero-order chi connectivity index (χ0) is 7.02. The Morgan fingerprint density at radius 1 is 1.33 bits per heavy atom. The van der Waals surface area contributed by atoms with Crippen LogP contribution in [-0.4, -0.2) is 5.11 Å². The third-order valence-corrected chi connectivity index (χ3v) is 3.60. The van der Waals surface area contributed by atoms with Gasteiger partial charge in [-0.1, -0.05) is 23.2 Å². The molecule has 0 amide bonds. The maximum atomic E-state index is 8.97. The summed E-state index contributed by atoms with van der Waals surface area (Å²) in [7, 11) is 0. The molecule has 0 fully saturated rings. The third-order valence-electron chi connectivity index (χ3n) is 0.746. The maximum Gasteiger partial charge on any atom is 0.160 e. The zero-order valence-electron chi connectivity index (χ0n) is 3.99. The minimum absolute atomic E-state index is 0.0201. The van der Waals surface area contributed by atoms with Gasteiger partial charge >= 0.3 is 0 Å². The molecule has 0 unspecified atom stereocenters. The van der Waals surface area contributed by atoms with Crippen LogP contribution < -0.4 is 0 Å². The van der Waals surface area contributed by atoms with Crippen molar-refractivity contribution in [1.29, 1.82) is 0 Å². The van der Waals surface area contributed by atoms with Crippen LogP contribution in [0.3, 0.4) is 0 Å². The molecule has 0 saturated carbocycles. The molecule has 0 aliphatic heterocycles. The molecule has 1 aromatic rings. The molecule has 1 aromatic heterocycles. The van der Waals surface area contributed by atoms with Gasteiger partial charge in [-0.3, -0.25) is 0 Å². The van der Waals surface area contributed by atoms with Crippen LogP contribution in [-0.2, 0) is 0 Å². The Labute approximate surface area is 74.3 Å². The lowest BCUT2D eigenvalue weighted by Crippen LogP contribution is -1.55. The highest BCUT2D eigenvalue weighted by Gasteiger charge is 2.10. The Morgan fingerprint density at radius 2 is 1.89 bits per heavy atom. The maximum absolute atomic E-state index is 8.97. The van der Waals surface area contributed by atoms with Crippen LogP contribution in [0.1, 0.15) is 0 Å². The van der Waals surface area contributed by atoms with E-state index >= 15 is 0 Å². The molecule has 1 nitrogen and oxygen atoms in total. The fourth-order valence-corrected chi connectivity index (χ4v) is 2.35. The summed E-state index contributed by atoms with van der Waals surface area (Å²) in [6.45, 7) is 0. The molecule has 0 bridgehead atoms. The standard InChI is InChI=1S/C4HBrCl2OS/c5-1-2(8)4(7)9-3(1)6/h8H. The second-order valence-electron chi connectivity index (χ2n) is 1.31. The lowest BCUT2D eigenvalue weighted by Gasteiger charge is -1.83. The molecule has 0 atom stereocenters. The average Bonchev–Trinajstić information content (AvgIpc) is 1.98. The first-order valence-corrected chi connectivity index (χ1v) is 4.31. The first-order chi connectivity index (χ1) is 4.13. The van der Waals surface area contributed by atoms with Crippen molar-refractivity contribution in [3.05, 3.63) is 13.1 Å². The summed E-state index contributed by atoms with van der Waals surface area (Å²) < 4.78 is 1.25. The summed E-state index contributed by atoms with van der Waals surface area (Å²) in [4.78, 5) is 0. The summed E-state index contributed by atoms with van der Waals surface area (Å²) in [5.41, 5.74) is 0. The molecule has 5 heteroatoms. The van der Waals surface area contributed by atoms with Crippen molar-refractivity contribution < 1.29 is 5.11 Å². The highest BCUT2D eigenvalue weighted by Crippen LogP contribution is 2.44. The minimum atomic E-state index is 0.0201. The van der Waals surface area contributed by atoms with E-state index in [-0.39, 0.29) is 5.75 Å². The molecular weight excluding hydrogens is 247 g/mol. The predicted octanol–water partition coefficient (Wildman–Crippen LogP) is 3.52. The lowest BCUT2D eigenvalue weighted by molar-refractivity contribution is 0.475. The molecule has 0 radical (unpaired) electrons. The molecular formula is C4HBrCl2OS. The van der Waals surface area contributed by atoms with E-state index in [1.807, 2.05) is 0 Å². The fourth-order valence-electron chi connectivity index (χ4n) is 0.351. The molecule has 0 saturated heterocycles. The Hall–Kier alpha value is 0.560. The summed E-state index contributed by atoms with van der Waals surface area (Å²) in [5.74, 6) is 0.0201. The quantitative estimate of drug-likeness (QED) is 0.744. The van der Waals surface area contributed by atoms with Crippen molar-refractivity contribution in [2.24, 2.45) is 0 Å². The first kappa shape index (κ1) is 7.66. The van der Waals surface area contributed by atoms with Crippen molar-refractivity contribution >= 4 is 50.5 Å². The Morgan fingerprint density at radius 3 is 2.00 bits per heavy atom. The van der Waals surface area contributed by atoms with Gasteiger partial charge < -0.3 is 5.11 Å². The van der Waals surface area contributed by atoms with E-state index in [2.05, 4.69) is 15.9 Å². The van der Waals surface area contributed by atoms with Crippen LogP contribution in [0, 0.1) is 0 Å². The Bertz CT molecular complexity index is 212. The van der Waals surface area contributed by atoms with Gasteiger partial charge in [0.2, 0.25) is 0 Å². The third kappa shape index (κ3) is 1.34. The van der Waals surface area contributed by atoms with Gasteiger partial charge in [0.25, 0.3) is 0 Å². The molecule has 50 valence electrons. The van der Waals surface area contributed by atoms with Crippen molar-refractivity contribution in [2.45, 2.75) is 0 Å². The topological polar surface area (TPSA) is 20.2 Å². The van der Waals surface area contributed by atoms with Crippen LogP contribution in [0.2, 0.25) is 8.67 Å². The van der Waals surface area contributed by atoms with Gasteiger partial charge in [-0.25, -0.2) is 0 Å². The van der Waals surface area contributed by atoms with E-state index in [0.29, 0.717) is 13.1 Å². The van der Waals surface area contributed by atoms with E-state index in [1.165, 1.54) is 0 Å². The largest absolute Gasteiger partial charge is 0.504 e. The number of hydrogen-bond donors (Lipinski definition) is 1. The molecule has 0 aliphatic rings. The lowest BCUT2D eigenvalue weighted by atomic mass is 10.6. The van der Waals surface area contributed by atoms with E-state index in [9.17, 15) is 0 Å². The van der Waals surface area contributed by atoms with Crippen LogP contribution in [0.15, 0.2) is 4.47 Å². The van der Waals surface area contributed by atoms with Crippen molar-refractivity contribution in [1.82, 2.24) is 0 Å². The number of aromatic hydroxyl groups is 1. The summed E-state index contributed by atoms with van der Waals surface area (Å²) in [6, 6.07) is 0. The zero-order valence-corrected chi connectivity index (χ0v) is 7.90. The van der Waals surface area contributed by atoms with Crippen molar-refractivity contribution in [2.75, 3.05) is 0 Å². The second kappa shape index (κ2) is 2.66. The van der Waals surface area contributed by atoms with E-state index in [4.69, 9.17) is 28.3 Å². The fraction of sp³-hybridized carbons (Fsp3) is 0. The number of hydrogen-bond acceptors (Lipinski definition) is 2. The van der Waals surface area contributed by atoms with Crippen LogP contribution >= 0.6 is 50.5 Å². The molecule has 1 heterocycles. The minimum Gasteiger partial charge on any atom is -0.504 e. The van der Waals surface area contributed by atoms with Gasteiger partial charge in [-0.15, -0.1) is 11.3 Å².